The van der Waals surface area contributed by atoms with Crippen molar-refractivity contribution in [2.75, 3.05) is 0 Å². The van der Waals surface area contributed by atoms with Gasteiger partial charge in [0.1, 0.15) is 5.76 Å². The third-order valence-corrected chi connectivity index (χ3v) is 2.20. The zero-order valence-electron chi connectivity index (χ0n) is 8.26. The second-order valence-corrected chi connectivity index (χ2v) is 3.21. The Balaban J connectivity index is 2.24. The standard InChI is InChI=1S/C13H12O2/c14-10-12-5-2-1-4-11(12)7-8-13-6-3-9-15-13/h1-9,14H,10H2. The average Bonchev–Trinajstić information content (AvgIpc) is 2.79. The van der Waals surface area contributed by atoms with E-state index in [1.54, 1.807) is 6.26 Å². The Hall–Kier alpha value is -1.80. The summed E-state index contributed by atoms with van der Waals surface area (Å²) < 4.78 is 5.18. The fourth-order valence-corrected chi connectivity index (χ4v) is 1.40. The van der Waals surface area contributed by atoms with Crippen LogP contribution in [0, 0.1) is 0 Å². The zero-order chi connectivity index (χ0) is 10.5. The molecule has 1 N–H and O–H groups in total. The van der Waals surface area contributed by atoms with Gasteiger partial charge in [-0.15, -0.1) is 0 Å². The molecule has 76 valence electrons. The number of aliphatic hydroxyl groups excluding tert-OH is 1. The minimum absolute atomic E-state index is 0.0542. The highest BCUT2D eigenvalue weighted by Crippen LogP contribution is 2.13. The van der Waals surface area contributed by atoms with Crippen molar-refractivity contribution in [2.45, 2.75) is 6.61 Å². The Morgan fingerprint density at radius 3 is 2.67 bits per heavy atom. The largest absolute Gasteiger partial charge is 0.465 e. The third-order valence-electron chi connectivity index (χ3n) is 2.20. The summed E-state index contributed by atoms with van der Waals surface area (Å²) in [7, 11) is 0. The first-order valence-electron chi connectivity index (χ1n) is 4.80. The molecule has 0 unspecified atom stereocenters. The van der Waals surface area contributed by atoms with Crippen LogP contribution in [0.2, 0.25) is 0 Å². The van der Waals surface area contributed by atoms with Gasteiger partial charge >= 0.3 is 0 Å². The molecule has 0 saturated carbocycles. The van der Waals surface area contributed by atoms with Gasteiger partial charge in [-0.05, 0) is 29.3 Å². The molecule has 0 bridgehead atoms. The molecule has 0 amide bonds. The summed E-state index contributed by atoms with van der Waals surface area (Å²) in [5.74, 6) is 0.808. The summed E-state index contributed by atoms with van der Waals surface area (Å²) in [5, 5.41) is 9.12. The lowest BCUT2D eigenvalue weighted by Crippen LogP contribution is -1.86. The molecule has 0 fully saturated rings. The van der Waals surface area contributed by atoms with Crippen molar-refractivity contribution in [2.24, 2.45) is 0 Å². The minimum atomic E-state index is 0.0542. The van der Waals surface area contributed by atoms with Gasteiger partial charge in [0, 0.05) is 0 Å². The number of aliphatic hydroxyl groups is 1. The molecule has 0 saturated heterocycles. The Kier molecular flexibility index (Phi) is 3.00. The molecule has 0 aliphatic carbocycles. The highest BCUT2D eigenvalue weighted by molar-refractivity contribution is 5.69. The second-order valence-electron chi connectivity index (χ2n) is 3.21. The third kappa shape index (κ3) is 2.36. The molecule has 2 aromatic rings. The van der Waals surface area contributed by atoms with Crippen LogP contribution in [0.4, 0.5) is 0 Å². The van der Waals surface area contributed by atoms with Gasteiger partial charge in [0.2, 0.25) is 0 Å². The first-order chi connectivity index (χ1) is 7.40. The van der Waals surface area contributed by atoms with E-state index in [2.05, 4.69) is 0 Å². The number of furan rings is 1. The second kappa shape index (κ2) is 4.62. The summed E-state index contributed by atoms with van der Waals surface area (Å²) in [6, 6.07) is 11.5. The molecule has 2 rings (SSSR count). The van der Waals surface area contributed by atoms with Gasteiger partial charge in [-0.1, -0.05) is 30.3 Å². The van der Waals surface area contributed by atoms with Gasteiger partial charge < -0.3 is 9.52 Å². The smallest absolute Gasteiger partial charge is 0.126 e. The normalized spacial score (nSPS) is 11.0. The molecular weight excluding hydrogens is 188 g/mol. The fourth-order valence-electron chi connectivity index (χ4n) is 1.40. The molecule has 0 atom stereocenters. The Morgan fingerprint density at radius 2 is 1.93 bits per heavy atom. The monoisotopic (exact) mass is 200 g/mol. The Morgan fingerprint density at radius 1 is 1.07 bits per heavy atom. The predicted molar refractivity (Wildman–Crippen MR) is 60.0 cm³/mol. The van der Waals surface area contributed by atoms with Crippen molar-refractivity contribution < 1.29 is 9.52 Å². The van der Waals surface area contributed by atoms with Gasteiger partial charge in [-0.2, -0.15) is 0 Å². The van der Waals surface area contributed by atoms with Crippen molar-refractivity contribution in [3.8, 4) is 0 Å². The van der Waals surface area contributed by atoms with Gasteiger partial charge in [0.25, 0.3) is 0 Å². The fraction of sp³-hybridized carbons (Fsp3) is 0.0769. The van der Waals surface area contributed by atoms with Crippen molar-refractivity contribution in [1.29, 1.82) is 0 Å². The van der Waals surface area contributed by atoms with E-state index >= 15 is 0 Å². The van der Waals surface area contributed by atoms with Gasteiger partial charge in [0.05, 0.1) is 12.9 Å². The van der Waals surface area contributed by atoms with Crippen molar-refractivity contribution in [3.05, 3.63) is 59.5 Å². The van der Waals surface area contributed by atoms with E-state index in [4.69, 9.17) is 9.52 Å². The molecule has 0 radical (unpaired) electrons. The highest BCUT2D eigenvalue weighted by atomic mass is 16.3. The Labute approximate surface area is 88.5 Å². The summed E-state index contributed by atoms with van der Waals surface area (Å²) in [5.41, 5.74) is 1.93. The van der Waals surface area contributed by atoms with Crippen molar-refractivity contribution in [1.82, 2.24) is 0 Å². The topological polar surface area (TPSA) is 33.4 Å². The van der Waals surface area contributed by atoms with E-state index in [-0.39, 0.29) is 6.61 Å². The molecule has 15 heavy (non-hydrogen) atoms. The molecule has 0 aliphatic heterocycles. The summed E-state index contributed by atoms with van der Waals surface area (Å²) in [4.78, 5) is 0. The highest BCUT2D eigenvalue weighted by Gasteiger charge is 1.96. The van der Waals surface area contributed by atoms with E-state index in [9.17, 15) is 0 Å². The maximum atomic E-state index is 9.12. The number of hydrogen-bond acceptors (Lipinski definition) is 2. The van der Waals surface area contributed by atoms with Crippen LogP contribution in [0.15, 0.2) is 47.1 Å². The lowest BCUT2D eigenvalue weighted by molar-refractivity contribution is 0.281. The summed E-state index contributed by atoms with van der Waals surface area (Å²) in [6.07, 6.45) is 5.45. The van der Waals surface area contributed by atoms with Crippen LogP contribution in [0.25, 0.3) is 12.2 Å². The van der Waals surface area contributed by atoms with Crippen LogP contribution in [0.5, 0.6) is 0 Å². The number of rotatable bonds is 3. The van der Waals surface area contributed by atoms with Crippen LogP contribution < -0.4 is 0 Å². The maximum absolute atomic E-state index is 9.12. The van der Waals surface area contributed by atoms with Gasteiger partial charge in [-0.3, -0.25) is 0 Å². The van der Waals surface area contributed by atoms with E-state index < -0.39 is 0 Å². The zero-order valence-corrected chi connectivity index (χ0v) is 8.26. The Bertz CT molecular complexity index is 441. The lowest BCUT2D eigenvalue weighted by Gasteiger charge is -2.00. The SMILES string of the molecule is OCc1ccccc1C=Cc1ccco1. The summed E-state index contributed by atoms with van der Waals surface area (Å²) in [6.45, 7) is 0.0542. The molecule has 1 heterocycles. The van der Waals surface area contributed by atoms with Gasteiger partial charge in [-0.25, -0.2) is 0 Å². The lowest BCUT2D eigenvalue weighted by atomic mass is 10.1. The molecule has 0 aliphatic rings. The van der Waals surface area contributed by atoms with Crippen molar-refractivity contribution >= 4 is 12.2 Å². The van der Waals surface area contributed by atoms with E-state index in [0.29, 0.717) is 0 Å². The first-order valence-corrected chi connectivity index (χ1v) is 4.80. The quantitative estimate of drug-likeness (QED) is 0.826. The number of benzene rings is 1. The van der Waals surface area contributed by atoms with Gasteiger partial charge in [0.15, 0.2) is 0 Å². The van der Waals surface area contributed by atoms with E-state index in [0.717, 1.165) is 16.9 Å². The van der Waals surface area contributed by atoms with E-state index in [1.165, 1.54) is 0 Å². The molecule has 0 spiro atoms. The summed E-state index contributed by atoms with van der Waals surface area (Å²) >= 11 is 0. The van der Waals surface area contributed by atoms with Crippen LogP contribution in [0.3, 0.4) is 0 Å². The average molecular weight is 200 g/mol. The predicted octanol–water partition coefficient (Wildman–Crippen LogP) is 2.94. The number of hydrogen-bond donors (Lipinski definition) is 1. The van der Waals surface area contributed by atoms with Crippen LogP contribution >= 0.6 is 0 Å². The molecule has 1 aromatic carbocycles. The maximum Gasteiger partial charge on any atom is 0.126 e. The van der Waals surface area contributed by atoms with Crippen LogP contribution in [-0.4, -0.2) is 5.11 Å². The first kappa shape index (κ1) is 9.74. The van der Waals surface area contributed by atoms with Crippen LogP contribution in [-0.2, 0) is 6.61 Å². The van der Waals surface area contributed by atoms with E-state index in [1.807, 2.05) is 48.6 Å². The van der Waals surface area contributed by atoms with Crippen molar-refractivity contribution in [3.63, 3.8) is 0 Å². The molecular formula is C13H12O2. The minimum Gasteiger partial charge on any atom is -0.465 e. The molecule has 2 heteroatoms. The molecule has 2 nitrogen and oxygen atoms in total. The molecule has 1 aromatic heterocycles. The van der Waals surface area contributed by atoms with Crippen LogP contribution in [0.1, 0.15) is 16.9 Å².